The van der Waals surface area contributed by atoms with Gasteiger partial charge >= 0.3 is 0 Å². The van der Waals surface area contributed by atoms with Gasteiger partial charge < -0.3 is 4.90 Å². The average molecular weight is 357 g/mol. The fraction of sp³-hybridized carbons (Fsp3) is 0.750. The van der Waals surface area contributed by atoms with Crippen LogP contribution in [-0.4, -0.2) is 53.7 Å². The van der Waals surface area contributed by atoms with Crippen LogP contribution in [0.1, 0.15) is 38.5 Å². The van der Waals surface area contributed by atoms with Crippen molar-refractivity contribution in [1.29, 1.82) is 0 Å². The van der Waals surface area contributed by atoms with Gasteiger partial charge in [-0.2, -0.15) is 4.99 Å². The minimum Gasteiger partial charge on any atom is -0.342 e. The molecule has 7 heteroatoms. The second kappa shape index (κ2) is 6.97. The fourth-order valence-corrected chi connectivity index (χ4v) is 7.76. The van der Waals surface area contributed by atoms with Crippen LogP contribution in [0.15, 0.2) is 17.6 Å². The number of amidine groups is 1. The number of nitrogens with zero attached hydrogens (tertiary/aromatic N) is 2. The van der Waals surface area contributed by atoms with Crippen LogP contribution in [-0.2, 0) is 14.6 Å². The predicted octanol–water partition coefficient (Wildman–Crippen LogP) is 2.24. The molecule has 0 spiro atoms. The van der Waals surface area contributed by atoms with E-state index in [-0.39, 0.29) is 28.7 Å². The quantitative estimate of drug-likeness (QED) is 0.707. The van der Waals surface area contributed by atoms with Crippen LogP contribution in [0, 0.1) is 5.92 Å². The summed E-state index contributed by atoms with van der Waals surface area (Å²) < 4.78 is 23.6. The van der Waals surface area contributed by atoms with Crippen molar-refractivity contribution in [3.8, 4) is 0 Å². The Bertz CT molecular complexity index is 609. The Balaban J connectivity index is 1.63. The number of aliphatic imine (C=N–C) groups is 1. The normalized spacial score (nSPS) is 31.7. The van der Waals surface area contributed by atoms with Gasteiger partial charge in [0.05, 0.1) is 17.5 Å². The fourth-order valence-electron chi connectivity index (χ4n) is 3.78. The van der Waals surface area contributed by atoms with Gasteiger partial charge in [0.2, 0.25) is 5.91 Å². The predicted molar refractivity (Wildman–Crippen MR) is 94.4 cm³/mol. The average Bonchev–Trinajstić information content (AvgIpc) is 3.15. The molecule has 5 nitrogen and oxygen atoms in total. The number of hydrogen-bond donors (Lipinski definition) is 0. The Morgan fingerprint density at radius 3 is 2.78 bits per heavy atom. The van der Waals surface area contributed by atoms with Crippen molar-refractivity contribution in [1.82, 2.24) is 4.90 Å². The topological polar surface area (TPSA) is 66.8 Å². The lowest BCUT2D eigenvalue weighted by Crippen LogP contribution is -2.37. The largest absolute Gasteiger partial charge is 0.342 e. The van der Waals surface area contributed by atoms with E-state index in [1.54, 1.807) is 6.08 Å². The number of carbonyl (C=O) groups is 1. The van der Waals surface area contributed by atoms with Gasteiger partial charge in [0.25, 0.3) is 0 Å². The summed E-state index contributed by atoms with van der Waals surface area (Å²) in [4.78, 5) is 18.4. The molecule has 0 bridgehead atoms. The van der Waals surface area contributed by atoms with Crippen molar-refractivity contribution in [3.05, 3.63) is 12.7 Å². The van der Waals surface area contributed by atoms with Gasteiger partial charge in [0.1, 0.15) is 0 Å². The van der Waals surface area contributed by atoms with E-state index in [0.29, 0.717) is 24.1 Å². The van der Waals surface area contributed by atoms with Gasteiger partial charge in [-0.15, -0.1) is 6.58 Å². The number of hydrogen-bond acceptors (Lipinski definition) is 4. The van der Waals surface area contributed by atoms with Crippen LogP contribution in [0.4, 0.5) is 0 Å². The molecule has 3 aliphatic rings. The molecule has 2 atom stereocenters. The second-order valence-corrected chi connectivity index (χ2v) is 10.1. The summed E-state index contributed by atoms with van der Waals surface area (Å²) in [6, 6.07) is -0.0654. The molecule has 1 amide bonds. The van der Waals surface area contributed by atoms with Crippen LogP contribution >= 0.6 is 11.8 Å². The summed E-state index contributed by atoms with van der Waals surface area (Å²) in [5, 5.41) is 0.688. The molecule has 0 aromatic heterocycles. The van der Waals surface area contributed by atoms with E-state index in [4.69, 9.17) is 0 Å². The van der Waals surface area contributed by atoms with Crippen molar-refractivity contribution in [2.24, 2.45) is 10.9 Å². The number of amides is 1. The molecule has 3 fully saturated rings. The first kappa shape index (κ1) is 17.0. The van der Waals surface area contributed by atoms with Crippen LogP contribution in [0.2, 0.25) is 0 Å². The van der Waals surface area contributed by atoms with Crippen LogP contribution in [0.3, 0.4) is 0 Å². The Morgan fingerprint density at radius 2 is 2.09 bits per heavy atom. The third-order valence-electron chi connectivity index (χ3n) is 4.96. The van der Waals surface area contributed by atoms with Gasteiger partial charge in [-0.1, -0.05) is 43.5 Å². The molecule has 128 valence electrons. The molecule has 2 aliphatic heterocycles. The Morgan fingerprint density at radius 1 is 1.35 bits per heavy atom. The molecule has 23 heavy (non-hydrogen) atoms. The van der Waals surface area contributed by atoms with E-state index in [9.17, 15) is 13.2 Å². The number of rotatable bonds is 5. The lowest BCUT2D eigenvalue weighted by Gasteiger charge is -2.22. The zero-order valence-corrected chi connectivity index (χ0v) is 14.9. The van der Waals surface area contributed by atoms with Crippen molar-refractivity contribution < 1.29 is 13.2 Å². The van der Waals surface area contributed by atoms with Gasteiger partial charge in [-0.3, -0.25) is 4.79 Å². The molecule has 0 aromatic rings. The first-order valence-corrected chi connectivity index (χ1v) is 11.0. The number of thioether (sulfide) groups is 1. The molecular formula is C16H24N2O3S2. The van der Waals surface area contributed by atoms with E-state index in [1.807, 2.05) is 4.90 Å². The lowest BCUT2D eigenvalue weighted by atomic mass is 10.0. The standard InChI is InChI=1S/C16H24N2O3S2/c1-2-9-18-13-10-23(20,21)11-14(13)22-16(18)17-15(19)8-7-12-5-3-4-6-12/h2,12-14H,1,3-11H2/t13-,14+/m1/s1. The second-order valence-electron chi connectivity index (χ2n) is 6.72. The van der Waals surface area contributed by atoms with E-state index < -0.39 is 9.84 Å². The minimum atomic E-state index is -2.97. The SMILES string of the molecule is C=CCN1C(=NC(=O)CCC2CCCC2)S[C@H]2CS(=O)(=O)C[C@H]21. The summed E-state index contributed by atoms with van der Waals surface area (Å²) in [6.07, 6.45) is 8.23. The van der Waals surface area contributed by atoms with Crippen LogP contribution in [0.5, 0.6) is 0 Å². The molecule has 1 saturated carbocycles. The number of sulfone groups is 1. The highest BCUT2D eigenvalue weighted by Gasteiger charge is 2.48. The zero-order valence-electron chi connectivity index (χ0n) is 13.3. The van der Waals surface area contributed by atoms with Gasteiger partial charge in [0, 0.05) is 18.2 Å². The van der Waals surface area contributed by atoms with E-state index in [0.717, 1.165) is 6.42 Å². The maximum atomic E-state index is 12.2. The number of carbonyl (C=O) groups excluding carboxylic acids is 1. The van der Waals surface area contributed by atoms with Gasteiger partial charge in [-0.25, -0.2) is 8.42 Å². The maximum absolute atomic E-state index is 12.2. The third kappa shape index (κ3) is 3.99. The molecule has 0 N–H and O–H groups in total. The zero-order chi connectivity index (χ0) is 16.4. The van der Waals surface area contributed by atoms with Crippen molar-refractivity contribution in [2.75, 3.05) is 18.1 Å². The van der Waals surface area contributed by atoms with Gasteiger partial charge in [0.15, 0.2) is 15.0 Å². The first-order chi connectivity index (χ1) is 11.0. The molecule has 1 aliphatic carbocycles. The molecule has 3 rings (SSSR count). The van der Waals surface area contributed by atoms with E-state index in [1.165, 1.54) is 37.4 Å². The first-order valence-electron chi connectivity index (χ1n) is 8.34. The smallest absolute Gasteiger partial charge is 0.248 e. The number of fused-ring (bicyclic) bond motifs is 1. The molecule has 2 heterocycles. The lowest BCUT2D eigenvalue weighted by molar-refractivity contribution is -0.118. The Hall–Kier alpha value is -0.820. The maximum Gasteiger partial charge on any atom is 0.248 e. The highest BCUT2D eigenvalue weighted by atomic mass is 32.2. The minimum absolute atomic E-state index is 0.00123. The summed E-state index contributed by atoms with van der Waals surface area (Å²) in [7, 11) is -2.97. The molecule has 2 saturated heterocycles. The summed E-state index contributed by atoms with van der Waals surface area (Å²) in [5.74, 6) is 0.958. The molecule has 0 radical (unpaired) electrons. The third-order valence-corrected chi connectivity index (χ3v) is 8.21. The molecule has 0 unspecified atom stereocenters. The highest BCUT2D eigenvalue weighted by Crippen LogP contribution is 2.38. The Labute approximate surface area is 142 Å². The van der Waals surface area contributed by atoms with Gasteiger partial charge in [-0.05, 0) is 12.3 Å². The summed E-state index contributed by atoms with van der Waals surface area (Å²) in [6.45, 7) is 4.28. The Kier molecular flexibility index (Phi) is 5.16. The van der Waals surface area contributed by atoms with E-state index >= 15 is 0 Å². The summed E-state index contributed by atoms with van der Waals surface area (Å²) in [5.41, 5.74) is 0. The van der Waals surface area contributed by atoms with Crippen LogP contribution < -0.4 is 0 Å². The monoisotopic (exact) mass is 356 g/mol. The highest BCUT2D eigenvalue weighted by molar-refractivity contribution is 8.15. The molecular weight excluding hydrogens is 332 g/mol. The van der Waals surface area contributed by atoms with Crippen LogP contribution in [0.25, 0.3) is 0 Å². The van der Waals surface area contributed by atoms with Crippen molar-refractivity contribution >= 4 is 32.7 Å². The van der Waals surface area contributed by atoms with Crippen molar-refractivity contribution in [2.45, 2.75) is 49.8 Å². The summed E-state index contributed by atoms with van der Waals surface area (Å²) >= 11 is 1.45. The van der Waals surface area contributed by atoms with Crippen molar-refractivity contribution in [3.63, 3.8) is 0 Å². The van der Waals surface area contributed by atoms with E-state index in [2.05, 4.69) is 11.6 Å². The molecule has 0 aromatic carbocycles.